The van der Waals surface area contributed by atoms with Crippen LogP contribution in [0.1, 0.15) is 5.56 Å². The number of fused-ring (bicyclic) bond motifs is 1. The molecule has 4 aromatic rings. The highest BCUT2D eigenvalue weighted by Gasteiger charge is 2.17. The zero-order chi connectivity index (χ0) is 21.3. The van der Waals surface area contributed by atoms with Crippen molar-refractivity contribution in [3.63, 3.8) is 0 Å². The van der Waals surface area contributed by atoms with Gasteiger partial charge in [-0.25, -0.2) is 4.98 Å². The monoisotopic (exact) mass is 400 g/mol. The summed E-state index contributed by atoms with van der Waals surface area (Å²) in [5.41, 5.74) is 10.4. The first-order chi connectivity index (χ1) is 14.6. The van der Waals surface area contributed by atoms with Gasteiger partial charge < -0.3 is 24.9 Å². The molecule has 0 bridgehead atoms. The lowest BCUT2D eigenvalue weighted by atomic mass is 9.97. The molecule has 0 atom stereocenters. The molecule has 2 heterocycles. The minimum Gasteiger partial charge on any atom is -0.497 e. The largest absolute Gasteiger partial charge is 0.497 e. The molecule has 0 amide bonds. The molecule has 7 heteroatoms. The molecule has 3 N–H and O–H groups in total. The number of H-pyrrole nitrogens is 1. The predicted octanol–water partition coefficient (Wildman–Crippen LogP) is 4.38. The van der Waals surface area contributed by atoms with E-state index in [2.05, 4.69) is 16.0 Å². The van der Waals surface area contributed by atoms with Crippen molar-refractivity contribution in [1.29, 1.82) is 5.26 Å². The van der Waals surface area contributed by atoms with Crippen molar-refractivity contribution in [3.8, 4) is 45.7 Å². The molecule has 7 nitrogen and oxygen atoms in total. The Balaban J connectivity index is 1.94. The van der Waals surface area contributed by atoms with Crippen LogP contribution in [0.4, 0.5) is 5.82 Å². The normalized spacial score (nSPS) is 10.6. The van der Waals surface area contributed by atoms with E-state index in [0.717, 1.165) is 27.8 Å². The van der Waals surface area contributed by atoms with Gasteiger partial charge in [0, 0.05) is 33.8 Å². The van der Waals surface area contributed by atoms with Crippen LogP contribution in [0.3, 0.4) is 0 Å². The molecule has 0 saturated carbocycles. The first-order valence-electron chi connectivity index (χ1n) is 9.18. The maximum atomic E-state index is 9.74. The molecule has 0 aliphatic carbocycles. The minimum atomic E-state index is 0.164. The van der Waals surface area contributed by atoms with Crippen LogP contribution in [-0.4, -0.2) is 31.3 Å². The summed E-state index contributed by atoms with van der Waals surface area (Å²) in [5, 5.41) is 10.7. The van der Waals surface area contributed by atoms with Gasteiger partial charge in [0.2, 0.25) is 0 Å². The fourth-order valence-electron chi connectivity index (χ4n) is 3.49. The number of benzene rings is 2. The van der Waals surface area contributed by atoms with Crippen molar-refractivity contribution in [2.75, 3.05) is 27.1 Å². The summed E-state index contributed by atoms with van der Waals surface area (Å²) in [6.07, 6.45) is 1.86. The third-order valence-electron chi connectivity index (χ3n) is 5.02. The molecule has 0 saturated heterocycles. The smallest absolute Gasteiger partial charge is 0.161 e. The molecule has 4 rings (SSSR count). The summed E-state index contributed by atoms with van der Waals surface area (Å²) in [6.45, 7) is 0. The Labute approximate surface area is 173 Å². The number of hydrogen-bond donors (Lipinski definition) is 2. The van der Waals surface area contributed by atoms with Crippen LogP contribution in [-0.2, 0) is 0 Å². The van der Waals surface area contributed by atoms with Crippen LogP contribution < -0.4 is 19.9 Å². The number of aromatic amines is 1. The number of nitriles is 1. The quantitative estimate of drug-likeness (QED) is 0.515. The van der Waals surface area contributed by atoms with Gasteiger partial charge in [0.25, 0.3) is 0 Å². The number of nitrogens with zero attached hydrogens (tertiary/aromatic N) is 2. The second kappa shape index (κ2) is 7.68. The number of nitrogen functional groups attached to an aromatic ring is 1. The fraction of sp³-hybridized carbons (Fsp3) is 0.130. The molecule has 0 aliphatic heterocycles. The van der Waals surface area contributed by atoms with Crippen molar-refractivity contribution in [2.45, 2.75) is 0 Å². The SMILES string of the molecule is COc1ccc2[nH]cc(-c3cc(-c4ccc(OC)c(OC)c4)nc(N)c3C#N)c2c1. The van der Waals surface area contributed by atoms with E-state index in [9.17, 15) is 5.26 Å². The highest BCUT2D eigenvalue weighted by Crippen LogP contribution is 2.38. The Morgan fingerprint density at radius 2 is 1.73 bits per heavy atom. The molecule has 150 valence electrons. The molecule has 0 unspecified atom stereocenters. The third-order valence-corrected chi connectivity index (χ3v) is 5.02. The van der Waals surface area contributed by atoms with Gasteiger partial charge in [-0.15, -0.1) is 0 Å². The number of pyridine rings is 1. The summed E-state index contributed by atoms with van der Waals surface area (Å²) in [6, 6.07) is 15.3. The number of anilines is 1. The minimum absolute atomic E-state index is 0.164. The Hall–Kier alpha value is -4.18. The van der Waals surface area contributed by atoms with Crippen LogP contribution >= 0.6 is 0 Å². The van der Waals surface area contributed by atoms with E-state index in [1.54, 1.807) is 27.4 Å². The van der Waals surface area contributed by atoms with E-state index in [1.807, 2.05) is 42.6 Å². The van der Waals surface area contributed by atoms with Crippen LogP contribution in [0.5, 0.6) is 17.2 Å². The number of aromatic nitrogens is 2. The maximum absolute atomic E-state index is 9.74. The van der Waals surface area contributed by atoms with Gasteiger partial charge in [-0.2, -0.15) is 5.26 Å². The van der Waals surface area contributed by atoms with Crippen molar-refractivity contribution in [2.24, 2.45) is 0 Å². The first kappa shape index (κ1) is 19.2. The number of methoxy groups -OCH3 is 3. The highest BCUT2D eigenvalue weighted by atomic mass is 16.5. The number of hydrogen-bond acceptors (Lipinski definition) is 6. The maximum Gasteiger partial charge on any atom is 0.161 e. The van der Waals surface area contributed by atoms with Gasteiger partial charge in [0.1, 0.15) is 23.2 Å². The van der Waals surface area contributed by atoms with Crippen LogP contribution in [0.2, 0.25) is 0 Å². The lowest BCUT2D eigenvalue weighted by molar-refractivity contribution is 0.355. The van der Waals surface area contributed by atoms with E-state index in [-0.39, 0.29) is 5.82 Å². The van der Waals surface area contributed by atoms with Crippen LogP contribution in [0.15, 0.2) is 48.7 Å². The van der Waals surface area contributed by atoms with E-state index in [4.69, 9.17) is 19.9 Å². The molecule has 2 aromatic carbocycles. The average Bonchev–Trinajstić information content (AvgIpc) is 3.20. The second-order valence-corrected chi connectivity index (χ2v) is 6.61. The summed E-state index contributed by atoms with van der Waals surface area (Å²) in [4.78, 5) is 7.69. The Morgan fingerprint density at radius 1 is 0.933 bits per heavy atom. The second-order valence-electron chi connectivity index (χ2n) is 6.61. The van der Waals surface area contributed by atoms with Gasteiger partial charge in [0.15, 0.2) is 11.5 Å². The van der Waals surface area contributed by atoms with Crippen molar-refractivity contribution >= 4 is 16.7 Å². The number of ether oxygens (including phenoxy) is 3. The van der Waals surface area contributed by atoms with Crippen LogP contribution in [0, 0.1) is 11.3 Å². The van der Waals surface area contributed by atoms with E-state index >= 15 is 0 Å². The molecule has 0 spiro atoms. The van der Waals surface area contributed by atoms with E-state index in [0.29, 0.717) is 28.3 Å². The molecule has 2 aromatic heterocycles. The van der Waals surface area contributed by atoms with Gasteiger partial charge in [-0.3, -0.25) is 0 Å². The van der Waals surface area contributed by atoms with Gasteiger partial charge in [-0.05, 0) is 42.5 Å². The zero-order valence-electron chi connectivity index (χ0n) is 16.8. The Morgan fingerprint density at radius 3 is 2.43 bits per heavy atom. The highest BCUT2D eigenvalue weighted by molar-refractivity contribution is 5.99. The first-order valence-corrected chi connectivity index (χ1v) is 9.18. The molecule has 0 aliphatic rings. The molecule has 0 radical (unpaired) electrons. The van der Waals surface area contributed by atoms with Crippen molar-refractivity contribution in [1.82, 2.24) is 9.97 Å². The fourth-order valence-corrected chi connectivity index (χ4v) is 3.49. The standard InChI is InChI=1S/C23H20N4O3/c1-28-14-5-6-19-16(9-14)18(12-26-19)15-10-20(27-23(25)17(15)11-24)13-4-7-21(29-2)22(8-13)30-3/h4-10,12,26H,1-3H3,(H2,25,27). The lowest BCUT2D eigenvalue weighted by Gasteiger charge is -2.12. The van der Waals surface area contributed by atoms with Crippen molar-refractivity contribution < 1.29 is 14.2 Å². The topological polar surface area (TPSA) is 106 Å². The lowest BCUT2D eigenvalue weighted by Crippen LogP contribution is -2.00. The summed E-state index contributed by atoms with van der Waals surface area (Å²) < 4.78 is 16.1. The Bertz CT molecular complexity index is 1290. The summed E-state index contributed by atoms with van der Waals surface area (Å²) in [7, 11) is 4.78. The Kier molecular flexibility index (Phi) is 4.90. The van der Waals surface area contributed by atoms with Gasteiger partial charge in [-0.1, -0.05) is 0 Å². The summed E-state index contributed by atoms with van der Waals surface area (Å²) in [5.74, 6) is 2.09. The van der Waals surface area contributed by atoms with Gasteiger partial charge >= 0.3 is 0 Å². The molecular formula is C23H20N4O3. The molecule has 0 fully saturated rings. The van der Waals surface area contributed by atoms with Crippen molar-refractivity contribution in [3.05, 3.63) is 54.2 Å². The van der Waals surface area contributed by atoms with E-state index < -0.39 is 0 Å². The van der Waals surface area contributed by atoms with Crippen LogP contribution in [0.25, 0.3) is 33.3 Å². The third kappa shape index (κ3) is 3.14. The zero-order valence-corrected chi connectivity index (χ0v) is 16.8. The molecular weight excluding hydrogens is 380 g/mol. The van der Waals surface area contributed by atoms with Gasteiger partial charge in [0.05, 0.1) is 27.0 Å². The number of rotatable bonds is 5. The molecule has 30 heavy (non-hydrogen) atoms. The summed E-state index contributed by atoms with van der Waals surface area (Å²) >= 11 is 0. The number of nitrogens with two attached hydrogens (primary N) is 1. The van der Waals surface area contributed by atoms with E-state index in [1.165, 1.54) is 0 Å². The number of nitrogens with one attached hydrogen (secondary N) is 1. The average molecular weight is 400 g/mol. The predicted molar refractivity (Wildman–Crippen MR) is 116 cm³/mol.